The van der Waals surface area contributed by atoms with Gasteiger partial charge in [-0.15, -0.1) is 0 Å². The van der Waals surface area contributed by atoms with Crippen molar-refractivity contribution in [3.05, 3.63) is 22.8 Å². The molecule has 0 unspecified atom stereocenters. The van der Waals surface area contributed by atoms with Crippen LogP contribution in [-0.4, -0.2) is 4.98 Å². The molecule has 0 saturated carbocycles. The van der Waals surface area contributed by atoms with Gasteiger partial charge in [-0.3, -0.25) is 0 Å². The lowest BCUT2D eigenvalue weighted by atomic mass is 10.0. The van der Waals surface area contributed by atoms with E-state index in [1.807, 2.05) is 6.07 Å². The lowest BCUT2D eigenvalue weighted by molar-refractivity contribution is 0.587. The topological polar surface area (TPSA) is 38.9 Å². The van der Waals surface area contributed by atoms with Gasteiger partial charge in [0.25, 0.3) is 0 Å². The molecule has 2 N–H and O–H groups in total. The minimum absolute atomic E-state index is 0.602. The quantitative estimate of drug-likeness (QED) is 0.811. The van der Waals surface area contributed by atoms with Gasteiger partial charge in [-0.2, -0.15) is 0 Å². The molecular weight excluding hydrogens is 184 g/mol. The highest BCUT2D eigenvalue weighted by Crippen LogP contribution is 2.18. The molecule has 13 heavy (non-hydrogen) atoms. The summed E-state index contributed by atoms with van der Waals surface area (Å²) in [5, 5.41) is 0.660. The second kappa shape index (κ2) is 4.47. The van der Waals surface area contributed by atoms with Gasteiger partial charge in [-0.05, 0) is 30.4 Å². The van der Waals surface area contributed by atoms with Crippen LogP contribution in [0.25, 0.3) is 0 Å². The van der Waals surface area contributed by atoms with Crippen LogP contribution in [0.1, 0.15) is 25.8 Å². The molecule has 1 aromatic rings. The number of rotatable bonds is 3. The molecule has 1 heterocycles. The molecule has 3 heteroatoms. The van der Waals surface area contributed by atoms with Crippen LogP contribution in [0.4, 0.5) is 5.82 Å². The SMILES string of the molecule is CC(C)CCc1cc(Cl)cnc1N. The summed E-state index contributed by atoms with van der Waals surface area (Å²) >= 11 is 5.81. The monoisotopic (exact) mass is 198 g/mol. The number of pyridine rings is 1. The van der Waals surface area contributed by atoms with Crippen molar-refractivity contribution in [2.75, 3.05) is 5.73 Å². The predicted molar refractivity (Wildman–Crippen MR) is 56.8 cm³/mol. The van der Waals surface area contributed by atoms with E-state index < -0.39 is 0 Å². The van der Waals surface area contributed by atoms with Crippen molar-refractivity contribution < 1.29 is 0 Å². The van der Waals surface area contributed by atoms with Crippen LogP contribution >= 0.6 is 11.6 Å². The summed E-state index contributed by atoms with van der Waals surface area (Å²) in [7, 11) is 0. The minimum atomic E-state index is 0.602. The Hall–Kier alpha value is -0.760. The molecule has 0 aliphatic heterocycles. The van der Waals surface area contributed by atoms with Crippen molar-refractivity contribution in [1.29, 1.82) is 0 Å². The zero-order valence-electron chi connectivity index (χ0n) is 8.05. The number of aryl methyl sites for hydroxylation is 1. The number of nitrogens with two attached hydrogens (primary N) is 1. The summed E-state index contributed by atoms with van der Waals surface area (Å²) in [6.07, 6.45) is 3.65. The molecule has 1 rings (SSSR count). The Morgan fingerprint density at radius 2 is 2.23 bits per heavy atom. The van der Waals surface area contributed by atoms with E-state index in [2.05, 4.69) is 18.8 Å². The normalized spacial score (nSPS) is 10.8. The van der Waals surface area contributed by atoms with E-state index in [4.69, 9.17) is 17.3 Å². The van der Waals surface area contributed by atoms with Gasteiger partial charge in [0.15, 0.2) is 0 Å². The van der Waals surface area contributed by atoms with Crippen LogP contribution in [0, 0.1) is 5.92 Å². The smallest absolute Gasteiger partial charge is 0.126 e. The highest BCUT2D eigenvalue weighted by atomic mass is 35.5. The van der Waals surface area contributed by atoms with E-state index in [1.54, 1.807) is 6.20 Å². The highest BCUT2D eigenvalue weighted by Gasteiger charge is 2.02. The van der Waals surface area contributed by atoms with Gasteiger partial charge in [-0.1, -0.05) is 25.4 Å². The number of hydrogen-bond donors (Lipinski definition) is 1. The molecule has 0 radical (unpaired) electrons. The Balaban J connectivity index is 2.70. The summed E-state index contributed by atoms with van der Waals surface area (Å²) < 4.78 is 0. The molecule has 0 aliphatic carbocycles. The fourth-order valence-electron chi connectivity index (χ4n) is 1.14. The molecule has 0 aliphatic rings. The second-order valence-electron chi connectivity index (χ2n) is 3.63. The van der Waals surface area contributed by atoms with E-state index in [1.165, 1.54) is 0 Å². The first kappa shape index (κ1) is 10.3. The second-order valence-corrected chi connectivity index (χ2v) is 4.07. The minimum Gasteiger partial charge on any atom is -0.383 e. The number of hydrogen-bond acceptors (Lipinski definition) is 2. The van der Waals surface area contributed by atoms with Crippen molar-refractivity contribution in [3.63, 3.8) is 0 Å². The first-order chi connectivity index (χ1) is 6.09. The van der Waals surface area contributed by atoms with Gasteiger partial charge in [0, 0.05) is 6.20 Å². The van der Waals surface area contributed by atoms with Crippen molar-refractivity contribution >= 4 is 17.4 Å². The standard InChI is InChI=1S/C10H15ClN2/c1-7(2)3-4-8-5-9(11)6-13-10(8)12/h5-7H,3-4H2,1-2H3,(H2,12,13). The Labute approximate surface area is 84.1 Å². The zero-order chi connectivity index (χ0) is 9.84. The van der Waals surface area contributed by atoms with Gasteiger partial charge in [0.1, 0.15) is 5.82 Å². The van der Waals surface area contributed by atoms with E-state index in [9.17, 15) is 0 Å². The number of nitrogens with zero attached hydrogens (tertiary/aromatic N) is 1. The molecule has 1 aromatic heterocycles. The first-order valence-electron chi connectivity index (χ1n) is 4.49. The number of halogens is 1. The zero-order valence-corrected chi connectivity index (χ0v) is 8.80. The molecule has 0 spiro atoms. The van der Waals surface area contributed by atoms with Gasteiger partial charge in [0.2, 0.25) is 0 Å². The largest absolute Gasteiger partial charge is 0.383 e. The molecular formula is C10H15ClN2. The molecule has 0 bridgehead atoms. The maximum atomic E-state index is 5.81. The molecule has 0 fully saturated rings. The molecule has 0 saturated heterocycles. The van der Waals surface area contributed by atoms with Crippen molar-refractivity contribution in [2.24, 2.45) is 5.92 Å². The number of nitrogen functional groups attached to an aromatic ring is 1. The summed E-state index contributed by atoms with van der Waals surface area (Å²) in [5.41, 5.74) is 6.76. The first-order valence-corrected chi connectivity index (χ1v) is 4.87. The third-order valence-corrected chi connectivity index (χ3v) is 2.17. The molecule has 72 valence electrons. The van der Waals surface area contributed by atoms with Crippen LogP contribution < -0.4 is 5.73 Å². The number of anilines is 1. The Bertz CT molecular complexity index is 284. The van der Waals surface area contributed by atoms with Crippen molar-refractivity contribution in [3.8, 4) is 0 Å². The van der Waals surface area contributed by atoms with E-state index in [0.717, 1.165) is 18.4 Å². The lowest BCUT2D eigenvalue weighted by Gasteiger charge is -2.06. The third-order valence-electron chi connectivity index (χ3n) is 1.96. The molecule has 0 amide bonds. The third kappa shape index (κ3) is 3.23. The van der Waals surface area contributed by atoms with Crippen molar-refractivity contribution in [2.45, 2.75) is 26.7 Å². The Kier molecular flexibility index (Phi) is 3.55. The van der Waals surface area contributed by atoms with Crippen LogP contribution in [0.15, 0.2) is 12.3 Å². The van der Waals surface area contributed by atoms with Gasteiger partial charge >= 0.3 is 0 Å². The predicted octanol–water partition coefficient (Wildman–Crippen LogP) is 2.91. The van der Waals surface area contributed by atoms with Crippen LogP contribution in [0.3, 0.4) is 0 Å². The van der Waals surface area contributed by atoms with Gasteiger partial charge in [-0.25, -0.2) is 4.98 Å². The Morgan fingerprint density at radius 3 is 2.85 bits per heavy atom. The van der Waals surface area contributed by atoms with E-state index in [0.29, 0.717) is 16.8 Å². The maximum Gasteiger partial charge on any atom is 0.126 e. The molecule has 0 aromatic carbocycles. The van der Waals surface area contributed by atoms with Gasteiger partial charge < -0.3 is 5.73 Å². The van der Waals surface area contributed by atoms with Crippen LogP contribution in [0.2, 0.25) is 5.02 Å². The maximum absolute atomic E-state index is 5.81. The highest BCUT2D eigenvalue weighted by molar-refractivity contribution is 6.30. The summed E-state index contributed by atoms with van der Waals surface area (Å²) in [4.78, 5) is 4.00. The summed E-state index contributed by atoms with van der Waals surface area (Å²) in [6.45, 7) is 4.38. The summed E-state index contributed by atoms with van der Waals surface area (Å²) in [5.74, 6) is 1.28. The molecule has 0 atom stereocenters. The molecule has 2 nitrogen and oxygen atoms in total. The van der Waals surface area contributed by atoms with E-state index >= 15 is 0 Å². The fraction of sp³-hybridized carbons (Fsp3) is 0.500. The Morgan fingerprint density at radius 1 is 1.54 bits per heavy atom. The number of aromatic nitrogens is 1. The van der Waals surface area contributed by atoms with Crippen LogP contribution in [-0.2, 0) is 6.42 Å². The van der Waals surface area contributed by atoms with E-state index in [-0.39, 0.29) is 0 Å². The van der Waals surface area contributed by atoms with Crippen LogP contribution in [0.5, 0.6) is 0 Å². The fourth-order valence-corrected chi connectivity index (χ4v) is 1.32. The summed E-state index contributed by atoms with van der Waals surface area (Å²) in [6, 6.07) is 1.90. The lowest BCUT2D eigenvalue weighted by Crippen LogP contribution is -1.99. The average molecular weight is 199 g/mol. The van der Waals surface area contributed by atoms with Crippen molar-refractivity contribution in [1.82, 2.24) is 4.98 Å². The average Bonchev–Trinajstić information content (AvgIpc) is 2.06. The van der Waals surface area contributed by atoms with Gasteiger partial charge in [0.05, 0.1) is 5.02 Å².